The van der Waals surface area contributed by atoms with E-state index in [1.54, 1.807) is 0 Å². The number of esters is 2. The summed E-state index contributed by atoms with van der Waals surface area (Å²) in [7, 11) is 2.17. The normalized spacial score (nSPS) is 24.8. The molecule has 0 aromatic heterocycles. The Bertz CT molecular complexity index is 769. The number of carbonyl (C=O) groups excluding carboxylic acids is 2. The summed E-state index contributed by atoms with van der Waals surface area (Å²) >= 11 is 0. The molecule has 2 saturated heterocycles. The first-order valence-electron chi connectivity index (χ1n) is 16.0. The lowest BCUT2D eigenvalue weighted by atomic mass is 9.73. The first kappa shape index (κ1) is 34.1. The third-order valence-electron chi connectivity index (χ3n) is 10.1. The highest BCUT2D eigenvalue weighted by atomic mass is 16.5. The smallest absolute Gasteiger partial charge is 0.306 e. The van der Waals surface area contributed by atoms with Crippen molar-refractivity contribution in [3.63, 3.8) is 0 Å². The van der Waals surface area contributed by atoms with E-state index in [-0.39, 0.29) is 46.3 Å². The Morgan fingerprint density at radius 2 is 1.03 bits per heavy atom. The fraction of sp³-hybridized carbons (Fsp3) is 0.939. The number of carbonyl (C=O) groups is 2. The van der Waals surface area contributed by atoms with Crippen LogP contribution in [-0.2, 0) is 19.1 Å². The molecule has 2 aliphatic heterocycles. The summed E-state index contributed by atoms with van der Waals surface area (Å²) in [5.74, 6) is -0.0909. The van der Waals surface area contributed by atoms with Crippen molar-refractivity contribution >= 4 is 11.9 Å². The summed E-state index contributed by atoms with van der Waals surface area (Å²) in [6.45, 7) is 21.3. The van der Waals surface area contributed by atoms with E-state index >= 15 is 0 Å². The maximum absolute atomic E-state index is 12.6. The van der Waals surface area contributed by atoms with Crippen LogP contribution in [0.25, 0.3) is 0 Å². The van der Waals surface area contributed by atoms with Crippen LogP contribution >= 0.6 is 0 Å². The van der Waals surface area contributed by atoms with Crippen LogP contribution in [0.15, 0.2) is 0 Å². The molecule has 0 saturated carbocycles. The number of rotatable bonds is 14. The Hall–Kier alpha value is -1.14. The molecular weight excluding hydrogens is 488 g/mol. The van der Waals surface area contributed by atoms with E-state index in [1.807, 2.05) is 0 Å². The van der Waals surface area contributed by atoms with Gasteiger partial charge >= 0.3 is 11.9 Å². The third kappa shape index (κ3) is 9.18. The van der Waals surface area contributed by atoms with E-state index in [0.717, 1.165) is 83.6 Å². The maximum Gasteiger partial charge on any atom is 0.306 e. The van der Waals surface area contributed by atoms with Crippen molar-refractivity contribution in [1.82, 2.24) is 9.80 Å². The molecule has 2 rings (SSSR count). The molecule has 6 heteroatoms. The minimum absolute atomic E-state index is 0.00378. The van der Waals surface area contributed by atoms with E-state index in [9.17, 15) is 9.59 Å². The van der Waals surface area contributed by atoms with Gasteiger partial charge in [0.15, 0.2) is 0 Å². The van der Waals surface area contributed by atoms with E-state index in [1.165, 1.54) is 0 Å². The minimum atomic E-state index is -0.0537. The van der Waals surface area contributed by atoms with Crippen molar-refractivity contribution in [3.05, 3.63) is 0 Å². The molecule has 228 valence electrons. The zero-order chi connectivity index (χ0) is 29.5. The molecule has 0 aliphatic carbocycles. The van der Waals surface area contributed by atoms with Crippen molar-refractivity contribution in [3.8, 4) is 0 Å². The Morgan fingerprint density at radius 3 is 1.44 bits per heavy atom. The van der Waals surface area contributed by atoms with Gasteiger partial charge in [0.1, 0.15) is 12.2 Å². The van der Waals surface area contributed by atoms with Gasteiger partial charge in [0.25, 0.3) is 0 Å². The Morgan fingerprint density at radius 1 is 0.641 bits per heavy atom. The second-order valence-corrected chi connectivity index (χ2v) is 14.3. The first-order valence-corrected chi connectivity index (χ1v) is 16.0. The van der Waals surface area contributed by atoms with Gasteiger partial charge in [-0.1, -0.05) is 46.5 Å². The lowest BCUT2D eigenvalue weighted by Gasteiger charge is -2.57. The van der Waals surface area contributed by atoms with Crippen molar-refractivity contribution in [1.29, 1.82) is 0 Å². The molecule has 0 bridgehead atoms. The topological polar surface area (TPSA) is 59.1 Å². The van der Waals surface area contributed by atoms with Crippen LogP contribution in [0.2, 0.25) is 0 Å². The highest BCUT2D eigenvalue weighted by Gasteiger charge is 2.49. The zero-order valence-corrected chi connectivity index (χ0v) is 27.3. The number of hydrogen-bond donors (Lipinski definition) is 0. The number of ether oxygens (including phenoxy) is 2. The fourth-order valence-electron chi connectivity index (χ4n) is 7.78. The van der Waals surface area contributed by atoms with Crippen LogP contribution in [0.4, 0.5) is 0 Å². The lowest BCUT2D eigenvalue weighted by molar-refractivity contribution is -0.163. The van der Waals surface area contributed by atoms with Crippen LogP contribution in [0, 0.1) is 0 Å². The van der Waals surface area contributed by atoms with E-state index < -0.39 is 0 Å². The lowest BCUT2D eigenvalue weighted by Crippen LogP contribution is -2.64. The van der Waals surface area contributed by atoms with Gasteiger partial charge in [0, 0.05) is 60.7 Å². The van der Waals surface area contributed by atoms with E-state index in [0.29, 0.717) is 12.8 Å². The summed E-state index contributed by atoms with van der Waals surface area (Å²) in [6.07, 6.45) is 12.8. The Labute approximate surface area is 240 Å². The van der Waals surface area contributed by atoms with Gasteiger partial charge in [-0.05, 0) is 80.8 Å². The van der Waals surface area contributed by atoms with Gasteiger partial charge in [-0.25, -0.2) is 0 Å². The van der Waals surface area contributed by atoms with Gasteiger partial charge in [-0.3, -0.25) is 19.4 Å². The molecule has 2 heterocycles. The van der Waals surface area contributed by atoms with Crippen molar-refractivity contribution in [2.45, 2.75) is 187 Å². The van der Waals surface area contributed by atoms with Gasteiger partial charge < -0.3 is 9.47 Å². The second-order valence-electron chi connectivity index (χ2n) is 14.3. The molecule has 39 heavy (non-hydrogen) atoms. The fourth-order valence-corrected chi connectivity index (χ4v) is 7.78. The second kappa shape index (κ2) is 14.2. The molecule has 0 spiro atoms. The van der Waals surface area contributed by atoms with Gasteiger partial charge in [-0.2, -0.15) is 0 Å². The summed E-state index contributed by atoms with van der Waals surface area (Å²) in [4.78, 5) is 30.1. The van der Waals surface area contributed by atoms with Crippen LogP contribution in [-0.4, -0.2) is 69.7 Å². The third-order valence-corrected chi connectivity index (χ3v) is 10.1. The standard InChI is InChI=1S/C33H62N2O4/c1-11-33(12-2)25-27(24-32(8,9)35(33)13-3)39-29(37)21-19-17-15-14-16-18-20-28(36)38-26-22-30(4,5)34(10)31(6,7)23-26/h26-27H,11-25H2,1-10H3. The SMILES string of the molecule is CCN1C(C)(C)CC(OC(=O)CCCCCCCCC(=O)OC2CC(C)(C)N(C)C(C)(C)C2)CC1(CC)CC. The monoisotopic (exact) mass is 550 g/mol. The van der Waals surface area contributed by atoms with Gasteiger partial charge in [0.05, 0.1) is 0 Å². The van der Waals surface area contributed by atoms with Crippen LogP contribution in [0.5, 0.6) is 0 Å². The molecule has 0 N–H and O–H groups in total. The number of unbranched alkanes of at least 4 members (excludes halogenated alkanes) is 5. The van der Waals surface area contributed by atoms with E-state index in [4.69, 9.17) is 9.47 Å². The highest BCUT2D eigenvalue weighted by Crippen LogP contribution is 2.43. The van der Waals surface area contributed by atoms with Gasteiger partial charge in [-0.15, -0.1) is 0 Å². The molecule has 6 nitrogen and oxygen atoms in total. The summed E-state index contributed by atoms with van der Waals surface area (Å²) in [5, 5.41) is 0. The molecule has 0 radical (unpaired) electrons. The first-order chi connectivity index (χ1) is 18.1. The molecule has 1 atom stereocenters. The van der Waals surface area contributed by atoms with Crippen LogP contribution in [0.1, 0.15) is 152 Å². The minimum Gasteiger partial charge on any atom is -0.462 e. The number of piperidine rings is 2. The average Bonchev–Trinajstić information content (AvgIpc) is 2.82. The largest absolute Gasteiger partial charge is 0.462 e. The highest BCUT2D eigenvalue weighted by molar-refractivity contribution is 5.69. The Kier molecular flexibility index (Phi) is 12.4. The predicted molar refractivity (Wildman–Crippen MR) is 161 cm³/mol. The van der Waals surface area contributed by atoms with Crippen LogP contribution in [0.3, 0.4) is 0 Å². The average molecular weight is 551 g/mol. The molecular formula is C33H62N2O4. The molecule has 0 amide bonds. The quantitative estimate of drug-likeness (QED) is 0.163. The number of nitrogens with zero attached hydrogens (tertiary/aromatic N) is 2. The van der Waals surface area contributed by atoms with Crippen molar-refractivity contribution in [2.75, 3.05) is 13.6 Å². The zero-order valence-electron chi connectivity index (χ0n) is 27.3. The number of hydrogen-bond acceptors (Lipinski definition) is 6. The van der Waals surface area contributed by atoms with Crippen molar-refractivity contribution < 1.29 is 19.1 Å². The number of likely N-dealkylation sites (tertiary alicyclic amines) is 2. The molecule has 2 fully saturated rings. The van der Waals surface area contributed by atoms with Gasteiger partial charge in [0.2, 0.25) is 0 Å². The van der Waals surface area contributed by atoms with Crippen molar-refractivity contribution in [2.24, 2.45) is 0 Å². The van der Waals surface area contributed by atoms with Crippen LogP contribution < -0.4 is 0 Å². The molecule has 0 aromatic carbocycles. The van der Waals surface area contributed by atoms with E-state index in [2.05, 4.69) is 79.2 Å². The Balaban J connectivity index is 1.60. The summed E-state index contributed by atoms with van der Waals surface area (Å²) in [6, 6.07) is 0. The summed E-state index contributed by atoms with van der Waals surface area (Å²) < 4.78 is 11.9. The summed E-state index contributed by atoms with van der Waals surface area (Å²) in [5.41, 5.74) is 0.209. The molecule has 2 aliphatic rings. The molecule has 1 unspecified atom stereocenters. The predicted octanol–water partition coefficient (Wildman–Crippen LogP) is 7.67. The molecule has 0 aromatic rings. The maximum atomic E-state index is 12.6.